The Hall–Kier alpha value is -3.60. The Bertz CT molecular complexity index is 1170. The molecule has 0 N–H and O–H groups in total. The summed E-state index contributed by atoms with van der Waals surface area (Å²) in [4.78, 5) is 30.6. The summed E-state index contributed by atoms with van der Waals surface area (Å²) in [5, 5.41) is 0. The number of carbonyl (C=O) groups excluding carboxylic acids is 2. The van der Waals surface area contributed by atoms with Gasteiger partial charge in [-0.15, -0.1) is 0 Å². The molecule has 2 bridgehead atoms. The fraction of sp³-hybridized carbons (Fsp3) is 0.231. The van der Waals surface area contributed by atoms with Gasteiger partial charge in [0.15, 0.2) is 5.72 Å². The Morgan fingerprint density at radius 2 is 1.61 bits per heavy atom. The van der Waals surface area contributed by atoms with E-state index in [4.69, 9.17) is 4.74 Å². The standard InChI is InChI=1S/C26H24N2O3/c1-17-13-18(2)15-20(14-17)28-25(30)27(24(29)19-9-5-4-6-10-19)22-16-26(28,3)31-23-12-8-7-11-21(22)23/h4-15,22H,16H2,1-3H3/t22-,26+/m0/s1. The maximum absolute atomic E-state index is 13.9. The van der Waals surface area contributed by atoms with Crippen molar-refractivity contribution in [1.29, 1.82) is 0 Å². The van der Waals surface area contributed by atoms with Crippen molar-refractivity contribution in [3.63, 3.8) is 0 Å². The molecule has 0 saturated carbocycles. The molecule has 5 rings (SSSR count). The molecule has 2 atom stereocenters. The summed E-state index contributed by atoms with van der Waals surface area (Å²) in [7, 11) is 0. The highest BCUT2D eigenvalue weighted by atomic mass is 16.5. The number of rotatable bonds is 2. The average Bonchev–Trinajstić information content (AvgIpc) is 2.73. The van der Waals surface area contributed by atoms with Crippen LogP contribution in [-0.4, -0.2) is 22.6 Å². The van der Waals surface area contributed by atoms with E-state index in [1.165, 1.54) is 4.90 Å². The number of hydrogen-bond acceptors (Lipinski definition) is 3. The molecule has 0 aromatic heterocycles. The lowest BCUT2D eigenvalue weighted by Crippen LogP contribution is -2.67. The highest BCUT2D eigenvalue weighted by Gasteiger charge is 2.55. The SMILES string of the molecule is Cc1cc(C)cc(N2C(=O)N(C(=O)c3ccccc3)[C@H]3C[C@@]2(C)Oc2ccccc23)c1. The number of fused-ring (bicyclic) bond motifs is 4. The Morgan fingerprint density at radius 1 is 0.968 bits per heavy atom. The van der Waals surface area contributed by atoms with Crippen molar-refractivity contribution in [2.75, 3.05) is 4.90 Å². The molecule has 0 aliphatic carbocycles. The number of benzene rings is 3. The average molecular weight is 412 g/mol. The van der Waals surface area contributed by atoms with Gasteiger partial charge in [0.05, 0.1) is 6.04 Å². The van der Waals surface area contributed by atoms with Gasteiger partial charge in [-0.25, -0.2) is 4.79 Å². The van der Waals surface area contributed by atoms with E-state index < -0.39 is 11.8 Å². The number of amides is 3. The molecule has 0 radical (unpaired) electrons. The second kappa shape index (κ2) is 6.98. The van der Waals surface area contributed by atoms with E-state index in [9.17, 15) is 9.59 Å². The van der Waals surface area contributed by atoms with Gasteiger partial charge in [0.1, 0.15) is 5.75 Å². The van der Waals surface area contributed by atoms with Crippen molar-refractivity contribution in [3.8, 4) is 5.75 Å². The van der Waals surface area contributed by atoms with Crippen LogP contribution in [0.15, 0.2) is 72.8 Å². The van der Waals surface area contributed by atoms with Crippen molar-refractivity contribution >= 4 is 17.6 Å². The first-order valence-electron chi connectivity index (χ1n) is 10.5. The summed E-state index contributed by atoms with van der Waals surface area (Å²) in [5.41, 5.74) is 3.27. The molecule has 5 heteroatoms. The lowest BCUT2D eigenvalue weighted by molar-refractivity contribution is 0.00268. The van der Waals surface area contributed by atoms with Crippen molar-refractivity contribution in [2.45, 2.75) is 39.0 Å². The predicted molar refractivity (Wildman–Crippen MR) is 119 cm³/mol. The molecule has 0 unspecified atom stereocenters. The molecule has 1 saturated heterocycles. The van der Waals surface area contributed by atoms with Gasteiger partial charge in [-0.05, 0) is 62.2 Å². The Morgan fingerprint density at radius 3 is 2.32 bits per heavy atom. The zero-order valence-electron chi connectivity index (χ0n) is 17.8. The van der Waals surface area contributed by atoms with Crippen molar-refractivity contribution in [2.24, 2.45) is 0 Å². The summed E-state index contributed by atoms with van der Waals surface area (Å²) in [6, 6.07) is 21.9. The number of imide groups is 1. The number of anilines is 1. The molecule has 3 aromatic rings. The second-order valence-corrected chi connectivity index (χ2v) is 8.54. The monoisotopic (exact) mass is 412 g/mol. The molecular formula is C26H24N2O3. The fourth-order valence-electron chi connectivity index (χ4n) is 4.82. The maximum atomic E-state index is 13.9. The quantitative estimate of drug-likeness (QED) is 0.548. The summed E-state index contributed by atoms with van der Waals surface area (Å²) < 4.78 is 6.41. The first kappa shape index (κ1) is 19.4. The zero-order valence-corrected chi connectivity index (χ0v) is 17.8. The van der Waals surface area contributed by atoms with Crippen molar-refractivity contribution in [3.05, 3.63) is 95.1 Å². The van der Waals surface area contributed by atoms with Gasteiger partial charge in [0.2, 0.25) is 0 Å². The first-order valence-corrected chi connectivity index (χ1v) is 10.5. The van der Waals surface area contributed by atoms with Gasteiger partial charge in [0, 0.05) is 23.2 Å². The molecule has 31 heavy (non-hydrogen) atoms. The number of hydrogen-bond donors (Lipinski definition) is 0. The molecule has 2 aliphatic rings. The molecule has 1 fully saturated rings. The summed E-state index contributed by atoms with van der Waals surface area (Å²) in [6.45, 7) is 5.93. The Balaban J connectivity index is 1.70. The van der Waals surface area contributed by atoms with Crippen molar-refractivity contribution < 1.29 is 14.3 Å². The van der Waals surface area contributed by atoms with Gasteiger partial charge in [-0.3, -0.25) is 14.6 Å². The third-order valence-electron chi connectivity index (χ3n) is 6.07. The maximum Gasteiger partial charge on any atom is 0.335 e. The van der Waals surface area contributed by atoms with Crippen LogP contribution in [0.1, 0.15) is 46.4 Å². The lowest BCUT2D eigenvalue weighted by Gasteiger charge is -2.53. The second-order valence-electron chi connectivity index (χ2n) is 8.54. The molecule has 2 aliphatic heterocycles. The molecule has 5 nitrogen and oxygen atoms in total. The molecule has 2 heterocycles. The van der Waals surface area contributed by atoms with Crippen LogP contribution < -0.4 is 9.64 Å². The smallest absolute Gasteiger partial charge is 0.335 e. The highest BCUT2D eigenvalue weighted by Crippen LogP contribution is 2.49. The van der Waals surface area contributed by atoms with Gasteiger partial charge >= 0.3 is 6.03 Å². The van der Waals surface area contributed by atoms with E-state index in [1.807, 2.05) is 75.4 Å². The van der Waals surface area contributed by atoms with E-state index in [0.29, 0.717) is 17.7 Å². The summed E-state index contributed by atoms with van der Waals surface area (Å²) in [5.74, 6) is 0.401. The lowest BCUT2D eigenvalue weighted by atomic mass is 9.88. The van der Waals surface area contributed by atoms with Gasteiger partial charge < -0.3 is 4.74 Å². The molecule has 3 aromatic carbocycles. The van der Waals surface area contributed by atoms with Crippen LogP contribution in [0.25, 0.3) is 0 Å². The van der Waals surface area contributed by atoms with Crippen LogP contribution in [0.4, 0.5) is 10.5 Å². The number of carbonyl (C=O) groups is 2. The molecular weight excluding hydrogens is 388 g/mol. The van der Waals surface area contributed by atoms with Crippen molar-refractivity contribution in [1.82, 2.24) is 4.90 Å². The van der Waals surface area contributed by atoms with Crippen LogP contribution in [0, 0.1) is 13.8 Å². The topological polar surface area (TPSA) is 49.9 Å². The molecule has 0 spiro atoms. The third kappa shape index (κ3) is 3.08. The van der Waals surface area contributed by atoms with E-state index in [1.54, 1.807) is 17.0 Å². The minimum atomic E-state index is -0.899. The summed E-state index contributed by atoms with van der Waals surface area (Å²) in [6.07, 6.45) is 0.487. The molecule has 156 valence electrons. The third-order valence-corrected chi connectivity index (χ3v) is 6.07. The Labute approximate surface area is 181 Å². The predicted octanol–water partition coefficient (Wildman–Crippen LogP) is 5.63. The number of urea groups is 1. The van der Waals surface area contributed by atoms with E-state index in [2.05, 4.69) is 6.07 Å². The van der Waals surface area contributed by atoms with Crippen LogP contribution in [0.2, 0.25) is 0 Å². The number of aryl methyl sites for hydroxylation is 2. The normalized spacial score (nSPS) is 22.0. The van der Waals surface area contributed by atoms with Crippen LogP contribution in [0.5, 0.6) is 5.75 Å². The summed E-state index contributed by atoms with van der Waals surface area (Å²) >= 11 is 0. The minimum Gasteiger partial charge on any atom is -0.467 e. The first-order chi connectivity index (χ1) is 14.9. The largest absolute Gasteiger partial charge is 0.467 e. The number of ether oxygens (including phenoxy) is 1. The van der Waals surface area contributed by atoms with E-state index in [0.717, 1.165) is 22.4 Å². The fourth-order valence-corrected chi connectivity index (χ4v) is 4.82. The number of para-hydroxylation sites is 1. The van der Waals surface area contributed by atoms with Gasteiger partial charge in [-0.1, -0.05) is 42.5 Å². The highest BCUT2D eigenvalue weighted by molar-refractivity contribution is 6.10. The Kier molecular flexibility index (Phi) is 4.36. The molecule has 3 amide bonds. The van der Waals surface area contributed by atoms with Gasteiger partial charge in [-0.2, -0.15) is 0 Å². The van der Waals surface area contributed by atoms with Crippen LogP contribution in [-0.2, 0) is 0 Å². The van der Waals surface area contributed by atoms with Crippen LogP contribution >= 0.6 is 0 Å². The number of nitrogens with zero attached hydrogens (tertiary/aromatic N) is 2. The van der Waals surface area contributed by atoms with Gasteiger partial charge in [0.25, 0.3) is 5.91 Å². The zero-order chi connectivity index (χ0) is 21.8. The van der Waals surface area contributed by atoms with E-state index in [-0.39, 0.29) is 11.9 Å². The minimum absolute atomic E-state index is 0.302. The van der Waals surface area contributed by atoms with Crippen LogP contribution in [0.3, 0.4) is 0 Å². The van der Waals surface area contributed by atoms with E-state index >= 15 is 0 Å².